The van der Waals surface area contributed by atoms with Crippen molar-refractivity contribution in [2.75, 3.05) is 0 Å². The van der Waals surface area contributed by atoms with Gasteiger partial charge in [-0.05, 0) is 51.4 Å². The normalized spacial score (nSPS) is 32.9. The number of hydrogen-bond acceptors (Lipinski definition) is 3. The van der Waals surface area contributed by atoms with E-state index in [1.165, 1.54) is 12.8 Å². The summed E-state index contributed by atoms with van der Waals surface area (Å²) >= 11 is 0. The second kappa shape index (κ2) is 4.97. The van der Waals surface area contributed by atoms with E-state index >= 15 is 0 Å². The fourth-order valence-electron chi connectivity index (χ4n) is 2.62. The number of nitrogens with two attached hydrogens (primary N) is 1. The zero-order chi connectivity index (χ0) is 10.7. The quantitative estimate of drug-likeness (QED) is 0.711. The van der Waals surface area contributed by atoms with Gasteiger partial charge in [-0.2, -0.15) is 0 Å². The Morgan fingerprint density at radius 1 is 1.00 bits per heavy atom. The summed E-state index contributed by atoms with van der Waals surface area (Å²) in [7, 11) is 0. The average Bonchev–Trinajstić information content (AvgIpc) is 2.71. The van der Waals surface area contributed by atoms with Gasteiger partial charge in [0.1, 0.15) is 6.10 Å². The Kier molecular flexibility index (Phi) is 3.62. The van der Waals surface area contributed by atoms with E-state index in [4.69, 9.17) is 10.5 Å². The molecule has 2 saturated carbocycles. The highest BCUT2D eigenvalue weighted by Gasteiger charge is 2.28. The third kappa shape index (κ3) is 2.94. The van der Waals surface area contributed by atoms with Crippen LogP contribution in [0, 0.1) is 5.92 Å². The first-order chi connectivity index (χ1) is 7.25. The zero-order valence-corrected chi connectivity index (χ0v) is 9.28. The van der Waals surface area contributed by atoms with Gasteiger partial charge in [-0.3, -0.25) is 4.79 Å². The predicted octanol–water partition coefficient (Wildman–Crippen LogP) is 1.99. The summed E-state index contributed by atoms with van der Waals surface area (Å²) in [6.07, 6.45) is 8.58. The molecule has 3 heteroatoms. The summed E-state index contributed by atoms with van der Waals surface area (Å²) in [6.45, 7) is 0. The van der Waals surface area contributed by atoms with Crippen LogP contribution in [-0.2, 0) is 9.53 Å². The molecule has 0 bridgehead atoms. The van der Waals surface area contributed by atoms with E-state index in [1.807, 2.05) is 0 Å². The largest absolute Gasteiger partial charge is 0.462 e. The van der Waals surface area contributed by atoms with Crippen LogP contribution in [0.25, 0.3) is 0 Å². The summed E-state index contributed by atoms with van der Waals surface area (Å²) < 4.78 is 5.51. The topological polar surface area (TPSA) is 52.3 Å². The summed E-state index contributed by atoms with van der Waals surface area (Å²) in [6, 6.07) is 0.306. The van der Waals surface area contributed by atoms with E-state index in [0.717, 1.165) is 38.5 Å². The maximum atomic E-state index is 11.8. The summed E-state index contributed by atoms with van der Waals surface area (Å²) in [5.41, 5.74) is 5.81. The maximum absolute atomic E-state index is 11.8. The van der Waals surface area contributed by atoms with E-state index in [-0.39, 0.29) is 18.0 Å². The Bertz CT molecular complexity index is 216. The minimum atomic E-state index is 0.0359. The molecular formula is C12H21NO2. The molecule has 0 radical (unpaired) electrons. The van der Waals surface area contributed by atoms with Crippen molar-refractivity contribution in [2.24, 2.45) is 11.7 Å². The Morgan fingerprint density at radius 3 is 2.20 bits per heavy atom. The highest BCUT2D eigenvalue weighted by Crippen LogP contribution is 2.27. The molecule has 2 fully saturated rings. The van der Waals surface area contributed by atoms with Crippen LogP contribution >= 0.6 is 0 Å². The second-order valence-corrected chi connectivity index (χ2v) is 4.96. The summed E-state index contributed by atoms with van der Waals surface area (Å²) in [4.78, 5) is 11.8. The molecule has 15 heavy (non-hydrogen) atoms. The Hall–Kier alpha value is -0.570. The van der Waals surface area contributed by atoms with Gasteiger partial charge in [0.05, 0.1) is 5.92 Å². The molecule has 2 aliphatic rings. The van der Waals surface area contributed by atoms with Crippen molar-refractivity contribution in [3.05, 3.63) is 0 Å². The van der Waals surface area contributed by atoms with Crippen LogP contribution in [0.5, 0.6) is 0 Å². The molecule has 0 amide bonds. The fourth-order valence-corrected chi connectivity index (χ4v) is 2.62. The molecule has 0 aromatic carbocycles. The first kappa shape index (κ1) is 10.9. The zero-order valence-electron chi connectivity index (χ0n) is 9.28. The minimum absolute atomic E-state index is 0.0359. The molecule has 0 unspecified atom stereocenters. The Morgan fingerprint density at radius 2 is 1.60 bits per heavy atom. The highest BCUT2D eigenvalue weighted by atomic mass is 16.5. The highest BCUT2D eigenvalue weighted by molar-refractivity contribution is 5.72. The molecule has 0 aromatic rings. The SMILES string of the molecule is NC1CCC(C(=O)OC2CCCC2)CC1. The Labute approximate surface area is 91.4 Å². The van der Waals surface area contributed by atoms with E-state index in [2.05, 4.69) is 0 Å². The summed E-state index contributed by atoms with van der Waals surface area (Å²) in [5, 5.41) is 0. The van der Waals surface area contributed by atoms with Crippen molar-refractivity contribution in [3.63, 3.8) is 0 Å². The van der Waals surface area contributed by atoms with E-state index in [9.17, 15) is 4.79 Å². The molecule has 2 rings (SSSR count). The third-order valence-corrected chi connectivity index (χ3v) is 3.69. The van der Waals surface area contributed by atoms with Crippen LogP contribution in [0.2, 0.25) is 0 Å². The minimum Gasteiger partial charge on any atom is -0.462 e. The van der Waals surface area contributed by atoms with Gasteiger partial charge < -0.3 is 10.5 Å². The molecule has 0 spiro atoms. The monoisotopic (exact) mass is 211 g/mol. The molecule has 0 atom stereocenters. The lowest BCUT2D eigenvalue weighted by Gasteiger charge is -2.25. The third-order valence-electron chi connectivity index (χ3n) is 3.69. The molecule has 86 valence electrons. The van der Waals surface area contributed by atoms with Crippen LogP contribution in [0.4, 0.5) is 0 Å². The van der Waals surface area contributed by atoms with Crippen LogP contribution in [0.15, 0.2) is 0 Å². The second-order valence-electron chi connectivity index (χ2n) is 4.96. The smallest absolute Gasteiger partial charge is 0.309 e. The Balaban J connectivity index is 1.75. The number of rotatable bonds is 2. The predicted molar refractivity (Wildman–Crippen MR) is 58.3 cm³/mol. The van der Waals surface area contributed by atoms with Crippen molar-refractivity contribution in [3.8, 4) is 0 Å². The molecule has 2 N–H and O–H groups in total. The van der Waals surface area contributed by atoms with Crippen molar-refractivity contribution in [2.45, 2.75) is 63.5 Å². The van der Waals surface area contributed by atoms with Gasteiger partial charge in [0.15, 0.2) is 0 Å². The van der Waals surface area contributed by atoms with Crippen molar-refractivity contribution in [1.29, 1.82) is 0 Å². The summed E-state index contributed by atoms with van der Waals surface area (Å²) in [5.74, 6) is 0.166. The molecule has 3 nitrogen and oxygen atoms in total. The molecule has 0 aromatic heterocycles. The van der Waals surface area contributed by atoms with E-state index in [1.54, 1.807) is 0 Å². The van der Waals surface area contributed by atoms with Gasteiger partial charge in [0.2, 0.25) is 0 Å². The van der Waals surface area contributed by atoms with E-state index < -0.39 is 0 Å². The number of carbonyl (C=O) groups is 1. The number of carbonyl (C=O) groups excluding carboxylic acids is 1. The molecule has 0 heterocycles. The lowest BCUT2D eigenvalue weighted by atomic mass is 9.86. The van der Waals surface area contributed by atoms with Crippen LogP contribution in [-0.4, -0.2) is 18.1 Å². The molecule has 0 aliphatic heterocycles. The van der Waals surface area contributed by atoms with Gasteiger partial charge in [-0.25, -0.2) is 0 Å². The lowest BCUT2D eigenvalue weighted by Crippen LogP contribution is -2.31. The molecule has 2 aliphatic carbocycles. The lowest BCUT2D eigenvalue weighted by molar-refractivity contribution is -0.154. The van der Waals surface area contributed by atoms with Gasteiger partial charge in [-0.1, -0.05) is 0 Å². The van der Waals surface area contributed by atoms with Crippen molar-refractivity contribution in [1.82, 2.24) is 0 Å². The van der Waals surface area contributed by atoms with Gasteiger partial charge in [0, 0.05) is 6.04 Å². The van der Waals surface area contributed by atoms with E-state index in [0.29, 0.717) is 6.04 Å². The number of esters is 1. The van der Waals surface area contributed by atoms with Crippen LogP contribution < -0.4 is 5.73 Å². The van der Waals surface area contributed by atoms with Gasteiger partial charge in [-0.15, -0.1) is 0 Å². The van der Waals surface area contributed by atoms with Crippen molar-refractivity contribution < 1.29 is 9.53 Å². The number of ether oxygens (including phenoxy) is 1. The molecular weight excluding hydrogens is 190 g/mol. The maximum Gasteiger partial charge on any atom is 0.309 e. The number of hydrogen-bond donors (Lipinski definition) is 1. The average molecular weight is 211 g/mol. The first-order valence-corrected chi connectivity index (χ1v) is 6.22. The van der Waals surface area contributed by atoms with Crippen molar-refractivity contribution >= 4 is 5.97 Å². The van der Waals surface area contributed by atoms with Crippen LogP contribution in [0.3, 0.4) is 0 Å². The standard InChI is InChI=1S/C12H21NO2/c13-10-7-5-9(6-8-10)12(14)15-11-3-1-2-4-11/h9-11H,1-8,13H2. The first-order valence-electron chi connectivity index (χ1n) is 6.22. The van der Waals surface area contributed by atoms with Gasteiger partial charge in [0.25, 0.3) is 0 Å². The molecule has 0 saturated heterocycles. The van der Waals surface area contributed by atoms with Crippen LogP contribution in [0.1, 0.15) is 51.4 Å². The fraction of sp³-hybridized carbons (Fsp3) is 0.917. The van der Waals surface area contributed by atoms with Gasteiger partial charge >= 0.3 is 5.97 Å².